The lowest BCUT2D eigenvalue weighted by molar-refractivity contribution is 0.0495. The van der Waals surface area contributed by atoms with Gasteiger partial charge in [0.15, 0.2) is 16.9 Å². The van der Waals surface area contributed by atoms with E-state index in [1.54, 1.807) is 30.3 Å². The number of piperidine rings is 1. The molecule has 11 nitrogen and oxygen atoms in total. The first-order chi connectivity index (χ1) is 20.4. The van der Waals surface area contributed by atoms with Gasteiger partial charge < -0.3 is 24.4 Å². The highest BCUT2D eigenvalue weighted by Gasteiger charge is 2.32. The third-order valence-corrected chi connectivity index (χ3v) is 7.94. The SMILES string of the molecule is COc1ccc(Cn2nc(Oc3ccnc(C)c3Cl)c3ncc(N4CCC(C)(CNC(=O)OC(C)(C)C)CC4)nc32)cc1. The van der Waals surface area contributed by atoms with Crippen LogP contribution in [0.15, 0.2) is 42.7 Å². The van der Waals surface area contributed by atoms with Crippen LogP contribution >= 0.6 is 11.6 Å². The molecule has 0 radical (unpaired) electrons. The van der Waals surface area contributed by atoms with Crippen molar-refractivity contribution in [2.45, 2.75) is 59.6 Å². The van der Waals surface area contributed by atoms with E-state index >= 15 is 0 Å². The zero-order chi connectivity index (χ0) is 30.8. The van der Waals surface area contributed by atoms with E-state index in [4.69, 9.17) is 40.9 Å². The van der Waals surface area contributed by atoms with Crippen molar-refractivity contribution in [2.24, 2.45) is 5.41 Å². The van der Waals surface area contributed by atoms with Gasteiger partial charge in [0.25, 0.3) is 5.88 Å². The molecule has 1 N–H and O–H groups in total. The van der Waals surface area contributed by atoms with Gasteiger partial charge in [-0.25, -0.2) is 19.4 Å². The minimum atomic E-state index is -0.528. The van der Waals surface area contributed by atoms with Crippen LogP contribution in [0.4, 0.5) is 10.6 Å². The number of pyridine rings is 1. The van der Waals surface area contributed by atoms with E-state index in [0.29, 0.717) is 46.6 Å². The zero-order valence-electron chi connectivity index (χ0n) is 25.5. The highest BCUT2D eigenvalue weighted by atomic mass is 35.5. The maximum absolute atomic E-state index is 12.2. The molecule has 0 saturated carbocycles. The van der Waals surface area contributed by atoms with Crippen LogP contribution in [-0.4, -0.2) is 63.2 Å². The van der Waals surface area contributed by atoms with E-state index in [9.17, 15) is 4.79 Å². The van der Waals surface area contributed by atoms with Crippen LogP contribution in [0.2, 0.25) is 5.02 Å². The van der Waals surface area contributed by atoms with E-state index in [1.165, 1.54) is 0 Å². The summed E-state index contributed by atoms with van der Waals surface area (Å²) in [6, 6.07) is 9.51. The molecule has 1 aromatic carbocycles. The summed E-state index contributed by atoms with van der Waals surface area (Å²) in [7, 11) is 1.64. The minimum Gasteiger partial charge on any atom is -0.497 e. The Morgan fingerprint density at radius 2 is 1.84 bits per heavy atom. The lowest BCUT2D eigenvalue weighted by Crippen LogP contribution is -2.46. The second-order valence-corrected chi connectivity index (χ2v) is 12.6. The largest absolute Gasteiger partial charge is 0.497 e. The van der Waals surface area contributed by atoms with Crippen LogP contribution in [0.3, 0.4) is 0 Å². The van der Waals surface area contributed by atoms with Gasteiger partial charge in [-0.3, -0.25) is 4.98 Å². The number of halogens is 1. The van der Waals surface area contributed by atoms with E-state index in [2.05, 4.69) is 22.1 Å². The van der Waals surface area contributed by atoms with Gasteiger partial charge in [0.2, 0.25) is 0 Å². The third-order valence-electron chi connectivity index (χ3n) is 7.48. The van der Waals surface area contributed by atoms with Crippen molar-refractivity contribution in [1.29, 1.82) is 0 Å². The van der Waals surface area contributed by atoms with Crippen molar-refractivity contribution in [3.8, 4) is 17.4 Å². The van der Waals surface area contributed by atoms with Gasteiger partial charge in [-0.05, 0) is 63.6 Å². The molecule has 0 spiro atoms. The van der Waals surface area contributed by atoms with E-state index in [1.807, 2.05) is 52.0 Å². The number of ether oxygens (including phenoxy) is 3. The van der Waals surface area contributed by atoms with E-state index in [0.717, 1.165) is 43.1 Å². The molecule has 0 atom stereocenters. The van der Waals surface area contributed by atoms with Crippen molar-refractivity contribution < 1.29 is 19.0 Å². The Morgan fingerprint density at radius 1 is 1.12 bits per heavy atom. The number of carbonyl (C=O) groups is 1. The van der Waals surface area contributed by atoms with Crippen LogP contribution < -0.4 is 19.7 Å². The molecule has 43 heavy (non-hydrogen) atoms. The molecule has 4 aromatic rings. The standard InChI is InChI=1S/C31H38ClN7O4/c1-20-25(32)23(11-14-33-20)42-28-26-27(39(37-28)18-21-7-9-22(41-6)10-8-21)36-24(17-34-26)38-15-12-31(5,13-16-38)19-35-29(40)43-30(2,3)4/h7-11,14,17H,12-13,15-16,18-19H2,1-6H3,(H,35,40). The second-order valence-electron chi connectivity index (χ2n) is 12.2. The molecular weight excluding hydrogens is 570 g/mol. The highest BCUT2D eigenvalue weighted by Crippen LogP contribution is 2.35. The molecule has 228 valence electrons. The number of nitrogens with one attached hydrogen (secondary N) is 1. The van der Waals surface area contributed by atoms with Crippen molar-refractivity contribution in [1.82, 2.24) is 30.0 Å². The van der Waals surface area contributed by atoms with Crippen LogP contribution in [0.5, 0.6) is 17.4 Å². The fourth-order valence-electron chi connectivity index (χ4n) is 4.90. The number of carbonyl (C=O) groups excluding carboxylic acids is 1. The lowest BCUT2D eigenvalue weighted by atomic mass is 9.80. The van der Waals surface area contributed by atoms with E-state index in [-0.39, 0.29) is 11.5 Å². The van der Waals surface area contributed by atoms with Crippen molar-refractivity contribution in [2.75, 3.05) is 31.6 Å². The Kier molecular flexibility index (Phi) is 8.64. The average molecular weight is 608 g/mol. The summed E-state index contributed by atoms with van der Waals surface area (Å²) in [4.78, 5) is 28.4. The second kappa shape index (κ2) is 12.2. The number of nitrogens with zero attached hydrogens (tertiary/aromatic N) is 6. The summed E-state index contributed by atoms with van der Waals surface area (Å²) < 4.78 is 18.7. The quantitative estimate of drug-likeness (QED) is 0.251. The Balaban J connectivity index is 1.37. The minimum absolute atomic E-state index is 0.0516. The number of aryl methyl sites for hydroxylation is 1. The molecule has 1 amide bonds. The van der Waals surface area contributed by atoms with E-state index < -0.39 is 5.60 Å². The number of hydrogen-bond acceptors (Lipinski definition) is 9. The number of hydrogen-bond donors (Lipinski definition) is 1. The molecule has 1 aliphatic rings. The molecule has 12 heteroatoms. The summed E-state index contributed by atoms with van der Waals surface area (Å²) in [5.74, 6) is 2.30. The van der Waals surface area contributed by atoms with Crippen LogP contribution in [0, 0.1) is 12.3 Å². The van der Waals surface area contributed by atoms with Crippen LogP contribution in [-0.2, 0) is 11.3 Å². The summed E-state index contributed by atoms with van der Waals surface area (Å²) in [5, 5.41) is 8.12. The summed E-state index contributed by atoms with van der Waals surface area (Å²) in [6.07, 6.45) is 4.77. The molecule has 3 aromatic heterocycles. The first-order valence-electron chi connectivity index (χ1n) is 14.3. The number of amides is 1. The molecule has 0 unspecified atom stereocenters. The summed E-state index contributed by atoms with van der Waals surface area (Å²) in [6.45, 7) is 12.1. The topological polar surface area (TPSA) is 117 Å². The van der Waals surface area contributed by atoms with Crippen molar-refractivity contribution in [3.05, 3.63) is 59.0 Å². The number of rotatable bonds is 8. The molecule has 0 aliphatic carbocycles. The molecule has 4 heterocycles. The number of anilines is 1. The number of methoxy groups -OCH3 is 1. The third kappa shape index (κ3) is 7.27. The van der Waals surface area contributed by atoms with Gasteiger partial charge in [-0.15, -0.1) is 5.10 Å². The number of fused-ring (bicyclic) bond motifs is 1. The lowest BCUT2D eigenvalue weighted by Gasteiger charge is -2.40. The fraction of sp³-hybridized carbons (Fsp3) is 0.452. The Labute approximate surface area is 256 Å². The maximum atomic E-state index is 12.2. The number of benzene rings is 1. The highest BCUT2D eigenvalue weighted by molar-refractivity contribution is 6.32. The van der Waals surface area contributed by atoms with Crippen LogP contribution in [0.25, 0.3) is 11.2 Å². The smallest absolute Gasteiger partial charge is 0.407 e. The number of alkyl carbamates (subject to hydrolysis) is 1. The first-order valence-corrected chi connectivity index (χ1v) is 14.7. The van der Waals surface area contributed by atoms with Gasteiger partial charge >= 0.3 is 6.09 Å². The molecule has 1 saturated heterocycles. The zero-order valence-corrected chi connectivity index (χ0v) is 26.2. The predicted molar refractivity (Wildman–Crippen MR) is 165 cm³/mol. The molecule has 1 aliphatic heterocycles. The normalized spacial score (nSPS) is 14.9. The predicted octanol–water partition coefficient (Wildman–Crippen LogP) is 6.16. The molecule has 1 fully saturated rings. The van der Waals surface area contributed by atoms with Crippen LogP contribution in [0.1, 0.15) is 51.8 Å². The Hall–Kier alpha value is -4.12. The number of aromatic nitrogens is 5. The Bertz CT molecular complexity index is 1590. The summed E-state index contributed by atoms with van der Waals surface area (Å²) in [5.41, 5.74) is 2.24. The summed E-state index contributed by atoms with van der Waals surface area (Å²) >= 11 is 6.47. The molecule has 5 rings (SSSR count). The average Bonchev–Trinajstić information content (AvgIpc) is 3.30. The molecule has 0 bridgehead atoms. The van der Waals surface area contributed by atoms with Gasteiger partial charge in [0.1, 0.15) is 22.2 Å². The van der Waals surface area contributed by atoms with Gasteiger partial charge in [0, 0.05) is 31.9 Å². The van der Waals surface area contributed by atoms with Gasteiger partial charge in [-0.2, -0.15) is 0 Å². The monoisotopic (exact) mass is 607 g/mol. The van der Waals surface area contributed by atoms with Crippen molar-refractivity contribution >= 4 is 34.7 Å². The Morgan fingerprint density at radius 3 is 2.51 bits per heavy atom. The fourth-order valence-corrected chi connectivity index (χ4v) is 5.05. The van der Waals surface area contributed by atoms with Crippen molar-refractivity contribution in [3.63, 3.8) is 0 Å². The van der Waals surface area contributed by atoms with Gasteiger partial charge in [0.05, 0.1) is 25.5 Å². The van der Waals surface area contributed by atoms with Gasteiger partial charge in [-0.1, -0.05) is 30.7 Å². The maximum Gasteiger partial charge on any atom is 0.407 e. The molecular formula is C31H38ClN7O4. The first kappa shape index (κ1) is 30.3.